The van der Waals surface area contributed by atoms with Crippen LogP contribution in [0, 0.1) is 17.6 Å². The van der Waals surface area contributed by atoms with E-state index in [1.165, 1.54) is 62.8 Å². The third-order valence-electron chi connectivity index (χ3n) is 6.73. The number of rotatable bonds is 11. The number of ether oxygens (including phenoxy) is 1. The Kier molecular flexibility index (Phi) is 9.43. The summed E-state index contributed by atoms with van der Waals surface area (Å²) < 4.78 is 58.4. The van der Waals surface area contributed by atoms with Crippen LogP contribution >= 0.6 is 0 Å². The van der Waals surface area contributed by atoms with Crippen molar-refractivity contribution < 1.29 is 22.3 Å². The second-order valence-corrected chi connectivity index (χ2v) is 9.08. The van der Waals surface area contributed by atoms with Crippen LogP contribution in [0.4, 0.5) is 17.6 Å². The largest absolute Gasteiger partial charge is 0.435 e. The van der Waals surface area contributed by atoms with Gasteiger partial charge in [-0.3, -0.25) is 0 Å². The van der Waals surface area contributed by atoms with Crippen LogP contribution < -0.4 is 4.74 Å². The molecule has 1 fully saturated rings. The number of unbranched alkanes of at least 4 members (excludes halogenated alkanes) is 4. The zero-order valence-electron chi connectivity index (χ0n) is 18.9. The maximum Gasteiger partial charge on any atom is 0.387 e. The van der Waals surface area contributed by atoms with Crippen LogP contribution in [-0.2, 0) is 6.42 Å². The highest BCUT2D eigenvalue weighted by Crippen LogP contribution is 2.38. The van der Waals surface area contributed by atoms with E-state index in [1.807, 2.05) is 0 Å². The van der Waals surface area contributed by atoms with E-state index < -0.39 is 18.2 Å². The highest BCUT2D eigenvalue weighted by molar-refractivity contribution is 5.35. The van der Waals surface area contributed by atoms with Crippen molar-refractivity contribution in [2.24, 2.45) is 5.92 Å². The SMILES string of the molecule is CCCCCCCC1CCC(c2cc(F)c(Cc3ccc(OC(F)F)cc3)c(F)c2)CC1. The van der Waals surface area contributed by atoms with E-state index in [-0.39, 0.29) is 23.7 Å². The molecule has 0 N–H and O–H groups in total. The molecule has 0 bridgehead atoms. The van der Waals surface area contributed by atoms with Crippen LogP contribution in [0.5, 0.6) is 5.75 Å². The van der Waals surface area contributed by atoms with Crippen molar-refractivity contribution in [1.29, 1.82) is 0 Å². The summed E-state index contributed by atoms with van der Waals surface area (Å²) >= 11 is 0. The Bertz CT molecular complexity index is 803. The molecule has 0 aromatic heterocycles. The van der Waals surface area contributed by atoms with Crippen molar-refractivity contribution in [1.82, 2.24) is 0 Å². The minimum atomic E-state index is -2.90. The number of benzene rings is 2. The predicted octanol–water partition coefficient (Wildman–Crippen LogP) is 8.79. The Labute approximate surface area is 189 Å². The van der Waals surface area contributed by atoms with Gasteiger partial charge in [-0.15, -0.1) is 0 Å². The molecule has 2 aromatic rings. The Hall–Kier alpha value is -2.04. The number of hydrogen-bond acceptors (Lipinski definition) is 1. The van der Waals surface area contributed by atoms with Crippen molar-refractivity contribution in [2.75, 3.05) is 0 Å². The highest BCUT2D eigenvalue weighted by atomic mass is 19.3. The normalized spacial score (nSPS) is 18.8. The van der Waals surface area contributed by atoms with E-state index in [0.717, 1.165) is 37.2 Å². The van der Waals surface area contributed by atoms with Crippen molar-refractivity contribution in [2.45, 2.75) is 90.1 Å². The predicted molar refractivity (Wildman–Crippen MR) is 120 cm³/mol. The van der Waals surface area contributed by atoms with E-state index >= 15 is 0 Å². The van der Waals surface area contributed by atoms with E-state index in [4.69, 9.17) is 0 Å². The third kappa shape index (κ3) is 7.25. The van der Waals surface area contributed by atoms with Crippen molar-refractivity contribution in [3.05, 3.63) is 64.7 Å². The van der Waals surface area contributed by atoms with E-state index in [0.29, 0.717) is 5.56 Å². The summed E-state index contributed by atoms with van der Waals surface area (Å²) in [4.78, 5) is 0. The molecule has 5 heteroatoms. The number of hydrogen-bond donors (Lipinski definition) is 0. The van der Waals surface area contributed by atoms with E-state index in [9.17, 15) is 17.6 Å². The average Bonchev–Trinajstić information content (AvgIpc) is 2.77. The topological polar surface area (TPSA) is 9.23 Å². The van der Waals surface area contributed by atoms with Gasteiger partial charge in [-0.05, 0) is 72.9 Å². The number of alkyl halides is 2. The number of halogens is 4. The lowest BCUT2D eigenvalue weighted by Gasteiger charge is -2.29. The molecule has 0 saturated heterocycles. The first kappa shape index (κ1) is 24.6. The lowest BCUT2D eigenvalue weighted by atomic mass is 9.76. The molecule has 1 saturated carbocycles. The lowest BCUT2D eigenvalue weighted by Crippen LogP contribution is -2.14. The first-order valence-electron chi connectivity index (χ1n) is 12.0. The van der Waals surface area contributed by atoms with Crippen molar-refractivity contribution in [3.8, 4) is 5.75 Å². The quantitative estimate of drug-likeness (QED) is 0.245. The Morgan fingerprint density at radius 1 is 0.875 bits per heavy atom. The molecule has 0 aliphatic heterocycles. The molecule has 0 amide bonds. The van der Waals surface area contributed by atoms with Crippen LogP contribution in [0.2, 0.25) is 0 Å². The highest BCUT2D eigenvalue weighted by Gasteiger charge is 2.24. The van der Waals surface area contributed by atoms with Crippen molar-refractivity contribution >= 4 is 0 Å². The molecule has 0 atom stereocenters. The molecular weight excluding hydrogens is 416 g/mol. The lowest BCUT2D eigenvalue weighted by molar-refractivity contribution is -0.0498. The van der Waals surface area contributed by atoms with Gasteiger partial charge in [0, 0.05) is 12.0 Å². The van der Waals surface area contributed by atoms with Gasteiger partial charge < -0.3 is 4.74 Å². The molecule has 1 aliphatic carbocycles. The Balaban J connectivity index is 1.54. The second kappa shape index (κ2) is 12.3. The minimum absolute atomic E-state index is 0.0112. The molecule has 176 valence electrons. The zero-order chi connectivity index (χ0) is 22.9. The fraction of sp³-hybridized carbons (Fsp3) is 0.556. The van der Waals surface area contributed by atoms with Gasteiger partial charge in [0.05, 0.1) is 0 Å². The maximum atomic E-state index is 14.8. The van der Waals surface area contributed by atoms with Gasteiger partial charge in [-0.1, -0.05) is 57.6 Å². The Morgan fingerprint density at radius 2 is 1.50 bits per heavy atom. The van der Waals surface area contributed by atoms with Gasteiger partial charge in [0.1, 0.15) is 17.4 Å². The summed E-state index contributed by atoms with van der Waals surface area (Å²) in [5.41, 5.74) is 1.40. The summed E-state index contributed by atoms with van der Waals surface area (Å²) in [7, 11) is 0. The standard InChI is InChI=1S/C27H34F4O/c1-2-3-4-5-6-7-19-8-12-21(13-9-19)22-17-25(28)24(26(29)18-22)16-20-10-14-23(15-11-20)32-27(30)31/h10-11,14-15,17-19,21,27H,2-9,12-13,16H2,1H3. The summed E-state index contributed by atoms with van der Waals surface area (Å²) in [5.74, 6) is -0.0810. The molecule has 0 heterocycles. The second-order valence-electron chi connectivity index (χ2n) is 9.08. The van der Waals surface area contributed by atoms with Gasteiger partial charge in [-0.2, -0.15) is 8.78 Å². The molecule has 2 aromatic carbocycles. The van der Waals surface area contributed by atoms with Gasteiger partial charge in [0.15, 0.2) is 0 Å². The fourth-order valence-corrected chi connectivity index (χ4v) is 4.84. The first-order valence-corrected chi connectivity index (χ1v) is 12.0. The van der Waals surface area contributed by atoms with E-state index in [2.05, 4.69) is 11.7 Å². The van der Waals surface area contributed by atoms with E-state index in [1.54, 1.807) is 12.1 Å². The minimum Gasteiger partial charge on any atom is -0.435 e. The first-order chi connectivity index (χ1) is 15.5. The van der Waals surface area contributed by atoms with Gasteiger partial charge in [-0.25, -0.2) is 8.78 Å². The molecule has 1 aliphatic rings. The molecular formula is C27H34F4O. The summed E-state index contributed by atoms with van der Waals surface area (Å²) in [6.45, 7) is -0.672. The summed E-state index contributed by atoms with van der Waals surface area (Å²) in [6.07, 6.45) is 12.1. The summed E-state index contributed by atoms with van der Waals surface area (Å²) in [6, 6.07) is 8.84. The summed E-state index contributed by atoms with van der Waals surface area (Å²) in [5, 5.41) is 0. The monoisotopic (exact) mass is 450 g/mol. The van der Waals surface area contributed by atoms with Crippen LogP contribution in [0.3, 0.4) is 0 Å². The van der Waals surface area contributed by atoms with Gasteiger partial charge in [0.25, 0.3) is 0 Å². The zero-order valence-corrected chi connectivity index (χ0v) is 18.9. The maximum absolute atomic E-state index is 14.8. The molecule has 0 spiro atoms. The average molecular weight is 451 g/mol. The smallest absolute Gasteiger partial charge is 0.387 e. The molecule has 32 heavy (non-hydrogen) atoms. The molecule has 3 rings (SSSR count). The van der Waals surface area contributed by atoms with Crippen LogP contribution in [-0.4, -0.2) is 6.61 Å². The Morgan fingerprint density at radius 3 is 2.09 bits per heavy atom. The van der Waals surface area contributed by atoms with Gasteiger partial charge in [0.2, 0.25) is 0 Å². The molecule has 0 unspecified atom stereocenters. The van der Waals surface area contributed by atoms with Crippen LogP contribution in [0.25, 0.3) is 0 Å². The van der Waals surface area contributed by atoms with Gasteiger partial charge >= 0.3 is 6.61 Å². The third-order valence-corrected chi connectivity index (χ3v) is 6.73. The molecule has 1 nitrogen and oxygen atoms in total. The van der Waals surface area contributed by atoms with Crippen molar-refractivity contribution in [3.63, 3.8) is 0 Å². The van der Waals surface area contributed by atoms with Crippen LogP contribution in [0.1, 0.15) is 93.7 Å². The fourth-order valence-electron chi connectivity index (χ4n) is 4.84. The molecule has 0 radical (unpaired) electrons. The van der Waals surface area contributed by atoms with Crippen LogP contribution in [0.15, 0.2) is 36.4 Å².